The van der Waals surface area contributed by atoms with E-state index in [2.05, 4.69) is 44.5 Å². The minimum absolute atomic E-state index is 0.118. The first kappa shape index (κ1) is 17.9. The highest BCUT2D eigenvalue weighted by atomic mass is 16.3. The Balaban J connectivity index is 1.44. The summed E-state index contributed by atoms with van der Waals surface area (Å²) in [5.41, 5.74) is 4.49. The summed E-state index contributed by atoms with van der Waals surface area (Å²) >= 11 is 0. The van der Waals surface area contributed by atoms with Crippen LogP contribution in [0.2, 0.25) is 0 Å². The number of fused-ring (bicyclic) bond motifs is 1. The van der Waals surface area contributed by atoms with Gasteiger partial charge in [-0.25, -0.2) is 4.98 Å². The summed E-state index contributed by atoms with van der Waals surface area (Å²) in [6.07, 6.45) is 3.02. The van der Waals surface area contributed by atoms with Gasteiger partial charge in [-0.05, 0) is 30.2 Å². The molecule has 1 fully saturated rings. The molecule has 0 saturated carbocycles. The third-order valence-electron chi connectivity index (χ3n) is 5.29. The van der Waals surface area contributed by atoms with Crippen LogP contribution in [0.25, 0.3) is 11.0 Å². The van der Waals surface area contributed by atoms with Crippen molar-refractivity contribution >= 4 is 17.0 Å². The second-order valence-electron chi connectivity index (χ2n) is 7.05. The summed E-state index contributed by atoms with van der Waals surface area (Å²) in [4.78, 5) is 14.2. The van der Waals surface area contributed by atoms with Gasteiger partial charge in [0.25, 0.3) is 0 Å². The SMILES string of the molecule is CCc1ccc(CN2CCN(c3nc4ccccc4n3CCO)CC2)nc1. The van der Waals surface area contributed by atoms with Crippen LogP contribution >= 0.6 is 0 Å². The molecular weight excluding hydrogens is 338 g/mol. The van der Waals surface area contributed by atoms with Gasteiger partial charge in [0.2, 0.25) is 5.95 Å². The third kappa shape index (κ3) is 3.82. The van der Waals surface area contributed by atoms with Crippen molar-refractivity contribution in [3.05, 3.63) is 53.9 Å². The summed E-state index contributed by atoms with van der Waals surface area (Å²) in [7, 11) is 0. The zero-order chi connectivity index (χ0) is 18.6. The number of hydrogen-bond acceptors (Lipinski definition) is 5. The van der Waals surface area contributed by atoms with Gasteiger partial charge in [-0.3, -0.25) is 9.88 Å². The maximum absolute atomic E-state index is 9.48. The van der Waals surface area contributed by atoms with Crippen molar-refractivity contribution in [1.82, 2.24) is 19.4 Å². The van der Waals surface area contributed by atoms with Gasteiger partial charge in [0.1, 0.15) is 0 Å². The largest absolute Gasteiger partial charge is 0.395 e. The summed E-state index contributed by atoms with van der Waals surface area (Å²) in [6, 6.07) is 12.5. The molecular formula is C21H27N5O. The molecule has 1 aliphatic heterocycles. The van der Waals surface area contributed by atoms with Crippen molar-refractivity contribution in [1.29, 1.82) is 0 Å². The van der Waals surface area contributed by atoms with Crippen molar-refractivity contribution in [2.45, 2.75) is 26.4 Å². The quantitative estimate of drug-likeness (QED) is 0.726. The molecule has 1 aromatic carbocycles. The van der Waals surface area contributed by atoms with Gasteiger partial charge in [0, 0.05) is 45.5 Å². The molecule has 1 N–H and O–H groups in total. The van der Waals surface area contributed by atoms with Gasteiger partial charge in [-0.1, -0.05) is 25.1 Å². The van der Waals surface area contributed by atoms with Gasteiger partial charge in [0.05, 0.1) is 23.3 Å². The van der Waals surface area contributed by atoms with Crippen molar-refractivity contribution in [3.8, 4) is 0 Å². The highest BCUT2D eigenvalue weighted by Gasteiger charge is 2.22. The Morgan fingerprint density at radius 3 is 2.56 bits per heavy atom. The van der Waals surface area contributed by atoms with Gasteiger partial charge in [-0.15, -0.1) is 0 Å². The Morgan fingerprint density at radius 1 is 1.04 bits per heavy atom. The fourth-order valence-electron chi connectivity index (χ4n) is 3.72. The average molecular weight is 365 g/mol. The van der Waals surface area contributed by atoms with Crippen LogP contribution in [0, 0.1) is 0 Å². The first-order valence-corrected chi connectivity index (χ1v) is 9.75. The van der Waals surface area contributed by atoms with E-state index in [1.165, 1.54) is 5.56 Å². The molecule has 142 valence electrons. The number of aryl methyl sites for hydroxylation is 1. The lowest BCUT2D eigenvalue weighted by Gasteiger charge is -2.35. The van der Waals surface area contributed by atoms with Crippen LogP contribution in [0.4, 0.5) is 5.95 Å². The molecule has 27 heavy (non-hydrogen) atoms. The van der Waals surface area contributed by atoms with Gasteiger partial charge >= 0.3 is 0 Å². The standard InChI is InChI=1S/C21H27N5O/c1-2-17-7-8-18(22-15-17)16-24-9-11-25(12-10-24)21-23-19-5-3-4-6-20(19)26(21)13-14-27/h3-8,15,27H,2,9-14,16H2,1H3. The normalized spacial score (nSPS) is 15.6. The fraction of sp³-hybridized carbons (Fsp3) is 0.429. The van der Waals surface area contributed by atoms with Crippen LogP contribution < -0.4 is 4.90 Å². The lowest BCUT2D eigenvalue weighted by Crippen LogP contribution is -2.47. The summed E-state index contributed by atoms with van der Waals surface area (Å²) < 4.78 is 2.13. The number of aromatic nitrogens is 3. The monoisotopic (exact) mass is 365 g/mol. The lowest BCUT2D eigenvalue weighted by atomic mass is 10.2. The van der Waals surface area contributed by atoms with E-state index >= 15 is 0 Å². The van der Waals surface area contributed by atoms with E-state index in [4.69, 9.17) is 4.98 Å². The summed E-state index contributed by atoms with van der Waals surface area (Å²) in [6.45, 7) is 7.57. The number of pyridine rings is 1. The second kappa shape index (κ2) is 8.06. The van der Waals surface area contributed by atoms with E-state index in [0.717, 1.165) is 61.8 Å². The highest BCUT2D eigenvalue weighted by Crippen LogP contribution is 2.23. The zero-order valence-electron chi connectivity index (χ0n) is 15.9. The predicted molar refractivity (Wildman–Crippen MR) is 108 cm³/mol. The number of aliphatic hydroxyl groups excluding tert-OH is 1. The smallest absolute Gasteiger partial charge is 0.206 e. The molecule has 6 heteroatoms. The molecule has 0 radical (unpaired) electrons. The van der Waals surface area contributed by atoms with Crippen LogP contribution in [0.5, 0.6) is 0 Å². The minimum Gasteiger partial charge on any atom is -0.395 e. The minimum atomic E-state index is 0.118. The Kier molecular flexibility index (Phi) is 5.36. The van der Waals surface area contributed by atoms with Crippen LogP contribution in [-0.4, -0.2) is 57.3 Å². The first-order valence-electron chi connectivity index (χ1n) is 9.75. The number of aliphatic hydroxyl groups is 1. The number of hydrogen-bond donors (Lipinski definition) is 1. The van der Waals surface area contributed by atoms with Gasteiger partial charge in [0.15, 0.2) is 0 Å². The molecule has 1 aliphatic rings. The van der Waals surface area contributed by atoms with E-state index in [1.807, 2.05) is 24.4 Å². The summed E-state index contributed by atoms with van der Waals surface area (Å²) in [5.74, 6) is 0.968. The highest BCUT2D eigenvalue weighted by molar-refractivity contribution is 5.78. The molecule has 1 saturated heterocycles. The molecule has 2 aromatic heterocycles. The number of rotatable bonds is 6. The lowest BCUT2D eigenvalue weighted by molar-refractivity contribution is 0.243. The number of para-hydroxylation sites is 2. The van der Waals surface area contributed by atoms with Crippen LogP contribution in [-0.2, 0) is 19.5 Å². The molecule has 0 unspecified atom stereocenters. The maximum atomic E-state index is 9.48. The Bertz CT molecular complexity index is 881. The number of piperazine rings is 1. The molecule has 3 heterocycles. The molecule has 0 aliphatic carbocycles. The molecule has 0 bridgehead atoms. The first-order chi connectivity index (χ1) is 13.3. The topological polar surface area (TPSA) is 57.4 Å². The number of nitrogens with zero attached hydrogens (tertiary/aromatic N) is 5. The zero-order valence-corrected chi connectivity index (χ0v) is 15.9. The number of benzene rings is 1. The van der Waals surface area contributed by atoms with Crippen molar-refractivity contribution in [2.24, 2.45) is 0 Å². The van der Waals surface area contributed by atoms with Crippen molar-refractivity contribution in [3.63, 3.8) is 0 Å². The van der Waals surface area contributed by atoms with E-state index in [0.29, 0.717) is 6.54 Å². The Hall–Kier alpha value is -2.44. The van der Waals surface area contributed by atoms with E-state index in [9.17, 15) is 5.11 Å². The average Bonchev–Trinajstić information content (AvgIpc) is 3.08. The van der Waals surface area contributed by atoms with E-state index < -0.39 is 0 Å². The number of anilines is 1. The molecule has 4 rings (SSSR count). The van der Waals surface area contributed by atoms with E-state index in [-0.39, 0.29) is 6.61 Å². The van der Waals surface area contributed by atoms with Crippen LogP contribution in [0.15, 0.2) is 42.6 Å². The van der Waals surface area contributed by atoms with Gasteiger partial charge < -0.3 is 14.6 Å². The van der Waals surface area contributed by atoms with Crippen LogP contribution in [0.1, 0.15) is 18.2 Å². The van der Waals surface area contributed by atoms with Gasteiger partial charge in [-0.2, -0.15) is 0 Å². The van der Waals surface area contributed by atoms with Crippen molar-refractivity contribution in [2.75, 3.05) is 37.7 Å². The summed E-state index contributed by atoms with van der Waals surface area (Å²) in [5, 5.41) is 9.48. The van der Waals surface area contributed by atoms with E-state index in [1.54, 1.807) is 0 Å². The second-order valence-corrected chi connectivity index (χ2v) is 7.05. The number of imidazole rings is 1. The van der Waals surface area contributed by atoms with Crippen LogP contribution in [0.3, 0.4) is 0 Å². The predicted octanol–water partition coefficient (Wildman–Crippen LogP) is 2.31. The molecule has 0 amide bonds. The Morgan fingerprint density at radius 2 is 1.85 bits per heavy atom. The maximum Gasteiger partial charge on any atom is 0.206 e. The fourth-order valence-corrected chi connectivity index (χ4v) is 3.72. The molecule has 6 nitrogen and oxygen atoms in total. The van der Waals surface area contributed by atoms with Crippen molar-refractivity contribution < 1.29 is 5.11 Å². The molecule has 3 aromatic rings. The molecule has 0 spiro atoms. The Labute approximate surface area is 160 Å². The molecule has 0 atom stereocenters. The third-order valence-corrected chi connectivity index (χ3v) is 5.29.